The minimum Gasteiger partial charge on any atom is -0.364 e. The molecule has 1 heterocycles. The van der Waals surface area contributed by atoms with E-state index in [4.69, 9.17) is 0 Å². The predicted molar refractivity (Wildman–Crippen MR) is 74.5 cm³/mol. The first kappa shape index (κ1) is 12.1. The number of hydrogen-bond donors (Lipinski definition) is 1. The van der Waals surface area contributed by atoms with Gasteiger partial charge in [-0.05, 0) is 46.4 Å². The number of rotatable bonds is 4. The number of H-pyrrole nitrogens is 1. The third-order valence-electron chi connectivity index (χ3n) is 2.53. The molecule has 2 aromatic rings. The number of hydrogen-bond acceptors (Lipinski definition) is 2. The number of nitro groups is 1. The number of nitrogens with zero attached hydrogens (tertiary/aromatic N) is 1. The first-order valence-electron chi connectivity index (χ1n) is 5.21. The van der Waals surface area contributed by atoms with Gasteiger partial charge in [-0.1, -0.05) is 12.1 Å². The van der Waals surface area contributed by atoms with E-state index in [2.05, 4.69) is 27.6 Å². The summed E-state index contributed by atoms with van der Waals surface area (Å²) < 4.78 is 1.17. The first-order valence-corrected chi connectivity index (χ1v) is 6.28. The van der Waals surface area contributed by atoms with Crippen LogP contribution in [0.15, 0.2) is 36.5 Å². The van der Waals surface area contributed by atoms with E-state index in [9.17, 15) is 10.1 Å². The highest BCUT2D eigenvalue weighted by Gasteiger charge is 2.08. The van der Waals surface area contributed by atoms with E-state index in [0.717, 1.165) is 16.8 Å². The van der Waals surface area contributed by atoms with Gasteiger partial charge in [0.05, 0.1) is 6.42 Å². The lowest BCUT2D eigenvalue weighted by Crippen LogP contribution is -2.04. The van der Waals surface area contributed by atoms with Crippen LogP contribution in [0.4, 0.5) is 0 Å². The van der Waals surface area contributed by atoms with Gasteiger partial charge in [-0.25, -0.2) is 0 Å². The van der Waals surface area contributed by atoms with Gasteiger partial charge in [0.25, 0.3) is 0 Å². The molecule has 0 aliphatic rings. The zero-order valence-corrected chi connectivity index (χ0v) is 11.2. The summed E-state index contributed by atoms with van der Waals surface area (Å²) in [6.45, 7) is -0.0438. The van der Waals surface area contributed by atoms with Crippen LogP contribution in [0, 0.1) is 13.7 Å². The summed E-state index contributed by atoms with van der Waals surface area (Å²) in [5.41, 5.74) is 3.05. The monoisotopic (exact) mass is 342 g/mol. The van der Waals surface area contributed by atoms with E-state index < -0.39 is 0 Å². The van der Waals surface area contributed by atoms with Crippen molar-refractivity contribution in [2.75, 3.05) is 6.54 Å². The standard InChI is InChI=1S/C12H11IN2O2/c13-10-3-1-9(2-4-10)11-5-7-14-12(11)6-8-15(16)17/h1-5,7,14H,6,8H2. The Morgan fingerprint density at radius 1 is 1.24 bits per heavy atom. The average Bonchev–Trinajstić information content (AvgIpc) is 2.75. The van der Waals surface area contributed by atoms with Gasteiger partial charge < -0.3 is 4.98 Å². The van der Waals surface area contributed by atoms with Gasteiger partial charge in [0.15, 0.2) is 0 Å². The van der Waals surface area contributed by atoms with Crippen LogP contribution in [0.2, 0.25) is 0 Å². The molecule has 88 valence electrons. The van der Waals surface area contributed by atoms with Gasteiger partial charge in [-0.15, -0.1) is 0 Å². The molecule has 0 fully saturated rings. The molecule has 1 N–H and O–H groups in total. The van der Waals surface area contributed by atoms with E-state index in [1.54, 1.807) is 0 Å². The molecule has 0 saturated carbocycles. The van der Waals surface area contributed by atoms with Crippen molar-refractivity contribution < 1.29 is 4.92 Å². The predicted octanol–water partition coefficient (Wildman–Crippen LogP) is 3.11. The summed E-state index contributed by atoms with van der Waals surface area (Å²) >= 11 is 2.25. The number of halogens is 1. The molecule has 0 atom stereocenters. The second-order valence-electron chi connectivity index (χ2n) is 3.68. The molecule has 0 bridgehead atoms. The number of aromatic amines is 1. The lowest BCUT2D eigenvalue weighted by molar-refractivity contribution is -0.479. The van der Waals surface area contributed by atoms with Crippen LogP contribution in [0.25, 0.3) is 11.1 Å². The summed E-state index contributed by atoms with van der Waals surface area (Å²) in [4.78, 5) is 13.2. The van der Waals surface area contributed by atoms with Crippen LogP contribution >= 0.6 is 22.6 Å². The highest BCUT2D eigenvalue weighted by Crippen LogP contribution is 2.24. The van der Waals surface area contributed by atoms with E-state index in [-0.39, 0.29) is 11.5 Å². The third kappa shape index (κ3) is 3.06. The summed E-state index contributed by atoms with van der Waals surface area (Å²) in [6, 6.07) is 10.1. The largest absolute Gasteiger partial charge is 0.364 e. The second kappa shape index (κ2) is 5.31. The zero-order chi connectivity index (χ0) is 12.3. The van der Waals surface area contributed by atoms with Crippen molar-refractivity contribution in [3.63, 3.8) is 0 Å². The molecule has 0 saturated heterocycles. The minimum absolute atomic E-state index is 0.0438. The Bertz CT molecular complexity index is 520. The molecule has 0 aliphatic heterocycles. The van der Waals surface area contributed by atoms with E-state index in [1.807, 2.05) is 36.5 Å². The molecule has 1 aromatic heterocycles. The molecule has 1 aromatic carbocycles. The molecule has 4 nitrogen and oxygen atoms in total. The number of benzene rings is 1. The molecular weight excluding hydrogens is 331 g/mol. The van der Waals surface area contributed by atoms with Crippen LogP contribution < -0.4 is 0 Å². The van der Waals surface area contributed by atoms with Gasteiger partial charge in [-0.3, -0.25) is 10.1 Å². The molecule has 0 aliphatic carbocycles. The fourth-order valence-electron chi connectivity index (χ4n) is 1.71. The van der Waals surface area contributed by atoms with Crippen LogP contribution in [-0.4, -0.2) is 16.5 Å². The van der Waals surface area contributed by atoms with Crippen LogP contribution in [0.5, 0.6) is 0 Å². The summed E-state index contributed by atoms with van der Waals surface area (Å²) in [5.74, 6) is 0. The van der Waals surface area contributed by atoms with Crippen LogP contribution in [0.3, 0.4) is 0 Å². The quantitative estimate of drug-likeness (QED) is 0.527. The van der Waals surface area contributed by atoms with Gasteiger partial charge in [0.1, 0.15) is 0 Å². The van der Waals surface area contributed by atoms with E-state index in [0.29, 0.717) is 6.42 Å². The molecule has 0 amide bonds. The summed E-state index contributed by atoms with van der Waals surface area (Å²) in [7, 11) is 0. The summed E-state index contributed by atoms with van der Waals surface area (Å²) in [6.07, 6.45) is 2.25. The zero-order valence-electron chi connectivity index (χ0n) is 9.02. The Labute approximate surface area is 112 Å². The molecular formula is C12H11IN2O2. The maximum atomic E-state index is 10.4. The minimum atomic E-state index is -0.293. The van der Waals surface area contributed by atoms with Gasteiger partial charge in [0.2, 0.25) is 6.54 Å². The summed E-state index contributed by atoms with van der Waals surface area (Å²) in [5, 5.41) is 10.4. The Hall–Kier alpha value is -1.37. The fraction of sp³-hybridized carbons (Fsp3) is 0.167. The normalized spacial score (nSPS) is 10.4. The molecule has 5 heteroatoms. The molecule has 0 unspecified atom stereocenters. The van der Waals surface area contributed by atoms with Crippen molar-refractivity contribution >= 4 is 22.6 Å². The number of nitrogens with one attached hydrogen (secondary N) is 1. The maximum absolute atomic E-state index is 10.4. The van der Waals surface area contributed by atoms with Crippen molar-refractivity contribution in [3.8, 4) is 11.1 Å². The topological polar surface area (TPSA) is 58.9 Å². The maximum Gasteiger partial charge on any atom is 0.209 e. The molecule has 0 radical (unpaired) electrons. The number of aromatic nitrogens is 1. The SMILES string of the molecule is O=[N+]([O-])CCc1[nH]ccc1-c1ccc(I)cc1. The fourth-order valence-corrected chi connectivity index (χ4v) is 2.07. The Balaban J connectivity index is 2.24. The lowest BCUT2D eigenvalue weighted by Gasteiger charge is -2.02. The van der Waals surface area contributed by atoms with Crippen molar-refractivity contribution in [1.29, 1.82) is 0 Å². The van der Waals surface area contributed by atoms with Crippen molar-refractivity contribution in [2.45, 2.75) is 6.42 Å². The van der Waals surface area contributed by atoms with Gasteiger partial charge in [0, 0.05) is 25.9 Å². The third-order valence-corrected chi connectivity index (χ3v) is 3.25. The van der Waals surface area contributed by atoms with E-state index in [1.165, 1.54) is 3.57 Å². The van der Waals surface area contributed by atoms with Crippen molar-refractivity contribution in [2.24, 2.45) is 0 Å². The average molecular weight is 342 g/mol. The highest BCUT2D eigenvalue weighted by atomic mass is 127. The molecule has 2 rings (SSSR count). The Morgan fingerprint density at radius 3 is 2.59 bits per heavy atom. The Morgan fingerprint density at radius 2 is 1.94 bits per heavy atom. The van der Waals surface area contributed by atoms with E-state index >= 15 is 0 Å². The first-order chi connectivity index (χ1) is 8.16. The van der Waals surface area contributed by atoms with Crippen molar-refractivity contribution in [1.82, 2.24) is 4.98 Å². The lowest BCUT2D eigenvalue weighted by atomic mass is 10.1. The van der Waals surface area contributed by atoms with Gasteiger partial charge >= 0.3 is 0 Å². The van der Waals surface area contributed by atoms with Crippen LogP contribution in [0.1, 0.15) is 5.69 Å². The molecule has 0 spiro atoms. The highest BCUT2D eigenvalue weighted by molar-refractivity contribution is 14.1. The second-order valence-corrected chi connectivity index (χ2v) is 4.93. The van der Waals surface area contributed by atoms with Gasteiger partial charge in [-0.2, -0.15) is 0 Å². The molecule has 17 heavy (non-hydrogen) atoms. The smallest absolute Gasteiger partial charge is 0.209 e. The van der Waals surface area contributed by atoms with Crippen LogP contribution in [-0.2, 0) is 6.42 Å². The van der Waals surface area contributed by atoms with Crippen molar-refractivity contribution in [3.05, 3.63) is 55.9 Å². The Kier molecular flexibility index (Phi) is 3.78.